The van der Waals surface area contributed by atoms with E-state index in [9.17, 15) is 0 Å². The van der Waals surface area contributed by atoms with E-state index in [-0.39, 0.29) is 6.61 Å². The minimum Gasteiger partial charge on any atom is -0.392 e. The van der Waals surface area contributed by atoms with Gasteiger partial charge in [-0.3, -0.25) is 0 Å². The van der Waals surface area contributed by atoms with Crippen LogP contribution in [0.1, 0.15) is 46.5 Å². The average Bonchev–Trinajstić information content (AvgIpc) is 2.28. The van der Waals surface area contributed by atoms with Crippen LogP contribution in [-0.4, -0.2) is 11.7 Å². The van der Waals surface area contributed by atoms with Crippen LogP contribution in [0.15, 0.2) is 23.3 Å². The molecule has 3 unspecified atom stereocenters. The maximum Gasteiger partial charge on any atom is 0.0639 e. The van der Waals surface area contributed by atoms with Gasteiger partial charge in [-0.15, -0.1) is 0 Å². The Morgan fingerprint density at radius 1 is 1.62 bits per heavy atom. The van der Waals surface area contributed by atoms with Crippen molar-refractivity contribution in [2.75, 3.05) is 6.61 Å². The van der Waals surface area contributed by atoms with Crippen LogP contribution in [0.3, 0.4) is 0 Å². The molecule has 3 rings (SSSR count). The van der Waals surface area contributed by atoms with Gasteiger partial charge in [-0.05, 0) is 56.8 Å². The van der Waals surface area contributed by atoms with Crippen LogP contribution in [-0.2, 0) is 0 Å². The lowest BCUT2D eigenvalue weighted by Gasteiger charge is -2.58. The highest BCUT2D eigenvalue weighted by molar-refractivity contribution is 5.22. The Kier molecular flexibility index (Phi) is 3.25. The molecule has 0 aromatic rings. The highest BCUT2D eigenvalue weighted by atomic mass is 16.3. The largest absolute Gasteiger partial charge is 0.392 e. The first-order valence-electron chi connectivity index (χ1n) is 6.51. The highest BCUT2D eigenvalue weighted by Crippen LogP contribution is 2.61. The molecule has 1 heteroatoms. The fraction of sp³-hybridized carbons (Fsp3) is 0.733. The Morgan fingerprint density at radius 3 is 2.94 bits per heavy atom. The van der Waals surface area contributed by atoms with Gasteiger partial charge in [0.25, 0.3) is 0 Å². The van der Waals surface area contributed by atoms with Gasteiger partial charge in [-0.1, -0.05) is 30.2 Å². The molecule has 0 spiro atoms. The van der Waals surface area contributed by atoms with Gasteiger partial charge in [-0.2, -0.15) is 0 Å². The number of aliphatic hydroxyl groups excluding tert-OH is 1. The van der Waals surface area contributed by atoms with Crippen molar-refractivity contribution in [1.82, 2.24) is 0 Å². The number of aliphatic hydroxyl groups is 1. The molecular weight excluding hydrogens is 196 g/mol. The van der Waals surface area contributed by atoms with Gasteiger partial charge in [-0.25, -0.2) is 0 Å². The summed E-state index contributed by atoms with van der Waals surface area (Å²) in [5.41, 5.74) is 3.28. The van der Waals surface area contributed by atoms with Crippen LogP contribution in [0, 0.1) is 17.3 Å². The summed E-state index contributed by atoms with van der Waals surface area (Å²) in [6.45, 7) is 6.98. The first-order chi connectivity index (χ1) is 7.58. The summed E-state index contributed by atoms with van der Waals surface area (Å²) >= 11 is 0. The Hall–Kier alpha value is -0.560. The van der Waals surface area contributed by atoms with E-state index in [4.69, 9.17) is 5.11 Å². The van der Waals surface area contributed by atoms with Gasteiger partial charge in [0, 0.05) is 0 Å². The fourth-order valence-corrected chi connectivity index (χ4v) is 3.56. The smallest absolute Gasteiger partial charge is 0.0639 e. The van der Waals surface area contributed by atoms with E-state index in [2.05, 4.69) is 26.0 Å². The molecule has 16 heavy (non-hydrogen) atoms. The van der Waals surface area contributed by atoms with Gasteiger partial charge < -0.3 is 5.11 Å². The number of fused-ring (bicyclic) bond motifs is 1. The van der Waals surface area contributed by atoms with E-state index in [1.54, 1.807) is 5.57 Å². The number of hydrogen-bond acceptors (Lipinski definition) is 1. The van der Waals surface area contributed by atoms with E-state index in [1.165, 1.54) is 19.3 Å². The molecule has 3 atom stereocenters. The lowest BCUT2D eigenvalue weighted by molar-refractivity contribution is -0.0312. The van der Waals surface area contributed by atoms with Crippen molar-refractivity contribution in [3.05, 3.63) is 23.3 Å². The molecule has 1 saturated carbocycles. The molecule has 1 N–H and O–H groups in total. The van der Waals surface area contributed by atoms with Crippen molar-refractivity contribution in [2.45, 2.75) is 46.5 Å². The summed E-state index contributed by atoms with van der Waals surface area (Å²) < 4.78 is 0. The standard InChI is InChI=1S/C15H24O/c1-11(10-16)5-4-8-15(3)13-7-6-12(2)14(15)9-13/h5-6,13-14,16H,4,7-10H2,1-3H3. The monoisotopic (exact) mass is 220 g/mol. The predicted octanol–water partition coefficient (Wildman–Crippen LogP) is 3.70. The maximum absolute atomic E-state index is 8.96. The van der Waals surface area contributed by atoms with Crippen molar-refractivity contribution in [3.63, 3.8) is 0 Å². The predicted molar refractivity (Wildman–Crippen MR) is 68.2 cm³/mol. The quantitative estimate of drug-likeness (QED) is 0.716. The molecule has 1 nitrogen and oxygen atoms in total. The normalized spacial score (nSPS) is 38.0. The summed E-state index contributed by atoms with van der Waals surface area (Å²) in [5.74, 6) is 1.76. The Bertz CT molecular complexity index is 326. The van der Waals surface area contributed by atoms with Crippen molar-refractivity contribution >= 4 is 0 Å². The summed E-state index contributed by atoms with van der Waals surface area (Å²) in [5, 5.41) is 8.96. The molecule has 90 valence electrons. The van der Waals surface area contributed by atoms with Crippen LogP contribution in [0.2, 0.25) is 0 Å². The lowest BCUT2D eigenvalue weighted by atomic mass is 9.47. The van der Waals surface area contributed by atoms with Gasteiger partial charge in [0.1, 0.15) is 0 Å². The van der Waals surface area contributed by atoms with Crippen molar-refractivity contribution < 1.29 is 5.11 Å². The van der Waals surface area contributed by atoms with Crippen molar-refractivity contribution in [3.8, 4) is 0 Å². The Balaban J connectivity index is 1.94. The zero-order valence-electron chi connectivity index (χ0n) is 10.8. The zero-order chi connectivity index (χ0) is 11.8. The van der Waals surface area contributed by atoms with Crippen LogP contribution in [0.5, 0.6) is 0 Å². The average molecular weight is 220 g/mol. The summed E-state index contributed by atoms with van der Waals surface area (Å²) in [4.78, 5) is 0. The van der Waals surface area contributed by atoms with E-state index < -0.39 is 0 Å². The molecule has 0 saturated heterocycles. The third kappa shape index (κ3) is 1.86. The zero-order valence-corrected chi connectivity index (χ0v) is 10.8. The molecule has 0 aromatic heterocycles. The van der Waals surface area contributed by atoms with Gasteiger partial charge in [0.05, 0.1) is 6.61 Å². The van der Waals surface area contributed by atoms with Gasteiger partial charge in [0.15, 0.2) is 0 Å². The Morgan fingerprint density at radius 2 is 2.38 bits per heavy atom. The summed E-state index contributed by atoms with van der Waals surface area (Å²) in [6.07, 6.45) is 9.77. The Labute approximate surface area is 99.3 Å². The van der Waals surface area contributed by atoms with E-state index in [0.29, 0.717) is 5.41 Å². The molecule has 0 heterocycles. The van der Waals surface area contributed by atoms with E-state index in [1.807, 2.05) is 6.92 Å². The first kappa shape index (κ1) is 11.9. The second-order valence-electron chi connectivity index (χ2n) is 5.92. The molecule has 0 aromatic carbocycles. The van der Waals surface area contributed by atoms with Gasteiger partial charge >= 0.3 is 0 Å². The molecular formula is C15H24O. The number of allylic oxidation sites excluding steroid dienone is 3. The number of rotatable bonds is 4. The van der Waals surface area contributed by atoms with Crippen LogP contribution in [0.4, 0.5) is 0 Å². The van der Waals surface area contributed by atoms with Gasteiger partial charge in [0.2, 0.25) is 0 Å². The van der Waals surface area contributed by atoms with Crippen LogP contribution in [0.25, 0.3) is 0 Å². The van der Waals surface area contributed by atoms with E-state index >= 15 is 0 Å². The number of hydrogen-bond donors (Lipinski definition) is 1. The SMILES string of the molecule is CC(=CCCC1(C)C2CC=C(C)C1C2)CO. The molecule has 0 radical (unpaired) electrons. The van der Waals surface area contributed by atoms with Crippen molar-refractivity contribution in [1.29, 1.82) is 0 Å². The molecule has 0 amide bonds. The van der Waals surface area contributed by atoms with Crippen molar-refractivity contribution in [2.24, 2.45) is 17.3 Å². The molecule has 3 aliphatic rings. The minimum atomic E-state index is 0.211. The summed E-state index contributed by atoms with van der Waals surface area (Å²) in [6, 6.07) is 0. The topological polar surface area (TPSA) is 20.2 Å². The highest BCUT2D eigenvalue weighted by Gasteiger charge is 2.52. The minimum absolute atomic E-state index is 0.211. The summed E-state index contributed by atoms with van der Waals surface area (Å²) in [7, 11) is 0. The third-order valence-corrected chi connectivity index (χ3v) is 4.95. The third-order valence-electron chi connectivity index (χ3n) is 4.95. The molecule has 3 aliphatic carbocycles. The maximum atomic E-state index is 8.96. The lowest BCUT2D eigenvalue weighted by Crippen LogP contribution is -2.49. The van der Waals surface area contributed by atoms with Crippen LogP contribution < -0.4 is 0 Å². The fourth-order valence-electron chi connectivity index (χ4n) is 3.56. The second kappa shape index (κ2) is 4.37. The van der Waals surface area contributed by atoms with Crippen LogP contribution >= 0.6 is 0 Å². The molecule has 1 fully saturated rings. The molecule has 0 aliphatic heterocycles. The molecule has 2 bridgehead atoms. The second-order valence-corrected chi connectivity index (χ2v) is 5.92. The van der Waals surface area contributed by atoms with E-state index in [0.717, 1.165) is 23.8 Å². The first-order valence-corrected chi connectivity index (χ1v) is 6.51.